The first-order valence-electron chi connectivity index (χ1n) is 4.50. The first kappa shape index (κ1) is 10.7. The molecule has 0 bridgehead atoms. The number of ether oxygens (including phenoxy) is 1. The van der Waals surface area contributed by atoms with E-state index in [2.05, 4.69) is 15.4 Å². The number of hydrogen-bond donors (Lipinski definition) is 2. The van der Waals surface area contributed by atoms with E-state index in [4.69, 9.17) is 22.2 Å². The summed E-state index contributed by atoms with van der Waals surface area (Å²) in [7, 11) is 0. The van der Waals surface area contributed by atoms with Crippen LogP contribution in [0.2, 0.25) is 5.02 Å². The molecule has 0 radical (unpaired) electrons. The number of halogens is 1. The van der Waals surface area contributed by atoms with Gasteiger partial charge in [-0.25, -0.2) is 5.84 Å². The van der Waals surface area contributed by atoms with Crippen LogP contribution in [0.4, 0.5) is 5.82 Å². The van der Waals surface area contributed by atoms with E-state index >= 15 is 0 Å². The number of nitrogens with zero attached hydrogens (tertiary/aromatic N) is 2. The molecule has 0 aliphatic carbocycles. The summed E-state index contributed by atoms with van der Waals surface area (Å²) in [5.41, 5.74) is 2.38. The van der Waals surface area contributed by atoms with Crippen molar-refractivity contribution in [3.8, 4) is 11.6 Å². The van der Waals surface area contributed by atoms with Gasteiger partial charge in [-0.3, -0.25) is 4.98 Å². The number of hydrogen-bond acceptors (Lipinski definition) is 5. The van der Waals surface area contributed by atoms with Gasteiger partial charge in [0, 0.05) is 5.02 Å². The Morgan fingerprint density at radius 3 is 2.94 bits per heavy atom. The Bertz CT molecular complexity index is 492. The standard InChI is InChI=1S/C10H9ClN4O/c11-7-2-1-3-8(4-7)16-10-6-13-5-9(14-10)15-12/h1-6H,12H2,(H,14,15). The molecule has 0 aliphatic rings. The van der Waals surface area contributed by atoms with Gasteiger partial charge in [-0.05, 0) is 18.2 Å². The van der Waals surface area contributed by atoms with Crippen molar-refractivity contribution in [3.63, 3.8) is 0 Å². The minimum Gasteiger partial charge on any atom is -0.437 e. The molecule has 0 spiro atoms. The van der Waals surface area contributed by atoms with Crippen LogP contribution in [0.15, 0.2) is 36.7 Å². The Morgan fingerprint density at radius 1 is 1.31 bits per heavy atom. The van der Waals surface area contributed by atoms with Crippen LogP contribution in [-0.4, -0.2) is 9.97 Å². The van der Waals surface area contributed by atoms with Crippen molar-refractivity contribution < 1.29 is 4.74 Å². The number of benzene rings is 1. The number of aromatic nitrogens is 2. The summed E-state index contributed by atoms with van der Waals surface area (Å²) >= 11 is 5.82. The van der Waals surface area contributed by atoms with Crippen LogP contribution >= 0.6 is 11.6 Å². The van der Waals surface area contributed by atoms with Gasteiger partial charge in [-0.15, -0.1) is 0 Å². The van der Waals surface area contributed by atoms with Crippen molar-refractivity contribution in [1.29, 1.82) is 0 Å². The van der Waals surface area contributed by atoms with E-state index < -0.39 is 0 Å². The average molecular weight is 237 g/mol. The van der Waals surface area contributed by atoms with E-state index in [0.29, 0.717) is 22.5 Å². The average Bonchev–Trinajstić information content (AvgIpc) is 2.29. The largest absolute Gasteiger partial charge is 0.437 e. The van der Waals surface area contributed by atoms with Crippen LogP contribution in [0.3, 0.4) is 0 Å². The van der Waals surface area contributed by atoms with Crippen molar-refractivity contribution in [2.75, 3.05) is 5.43 Å². The van der Waals surface area contributed by atoms with Crippen molar-refractivity contribution in [2.45, 2.75) is 0 Å². The Hall–Kier alpha value is -1.85. The third-order valence-electron chi connectivity index (χ3n) is 1.78. The molecule has 0 unspecified atom stereocenters. The van der Waals surface area contributed by atoms with Crippen molar-refractivity contribution in [2.24, 2.45) is 5.84 Å². The van der Waals surface area contributed by atoms with Gasteiger partial charge < -0.3 is 10.2 Å². The van der Waals surface area contributed by atoms with Gasteiger partial charge in [0.15, 0.2) is 5.82 Å². The molecule has 1 aromatic heterocycles. The summed E-state index contributed by atoms with van der Waals surface area (Å²) in [5, 5.41) is 0.596. The quantitative estimate of drug-likeness (QED) is 0.631. The first-order valence-corrected chi connectivity index (χ1v) is 4.88. The number of nitrogens with one attached hydrogen (secondary N) is 1. The molecule has 16 heavy (non-hydrogen) atoms. The third-order valence-corrected chi connectivity index (χ3v) is 2.01. The van der Waals surface area contributed by atoms with Crippen LogP contribution in [0.1, 0.15) is 0 Å². The van der Waals surface area contributed by atoms with E-state index in [1.165, 1.54) is 12.4 Å². The van der Waals surface area contributed by atoms with E-state index in [1.807, 2.05) is 0 Å². The summed E-state index contributed by atoms with van der Waals surface area (Å²) in [6.45, 7) is 0. The summed E-state index contributed by atoms with van der Waals surface area (Å²) < 4.78 is 5.45. The van der Waals surface area contributed by atoms with Crippen LogP contribution in [0.25, 0.3) is 0 Å². The number of rotatable bonds is 3. The molecule has 82 valence electrons. The fourth-order valence-electron chi connectivity index (χ4n) is 1.12. The zero-order chi connectivity index (χ0) is 11.4. The molecule has 2 rings (SSSR count). The number of nitrogens with two attached hydrogens (primary N) is 1. The van der Waals surface area contributed by atoms with Gasteiger partial charge in [0.2, 0.25) is 5.88 Å². The molecule has 0 fully saturated rings. The minimum absolute atomic E-state index is 0.345. The molecular formula is C10H9ClN4O. The van der Waals surface area contributed by atoms with Gasteiger partial charge in [0.25, 0.3) is 0 Å². The lowest BCUT2D eigenvalue weighted by atomic mass is 10.3. The van der Waals surface area contributed by atoms with Gasteiger partial charge in [0.1, 0.15) is 5.75 Å². The van der Waals surface area contributed by atoms with Gasteiger partial charge >= 0.3 is 0 Å². The van der Waals surface area contributed by atoms with Crippen molar-refractivity contribution in [3.05, 3.63) is 41.7 Å². The molecule has 1 heterocycles. The molecule has 5 nitrogen and oxygen atoms in total. The number of nitrogen functional groups attached to an aromatic ring is 1. The van der Waals surface area contributed by atoms with Crippen molar-refractivity contribution in [1.82, 2.24) is 9.97 Å². The summed E-state index contributed by atoms with van der Waals surface area (Å²) in [5.74, 6) is 6.58. The SMILES string of the molecule is NNc1cncc(Oc2cccc(Cl)c2)n1. The summed E-state index contributed by atoms with van der Waals surface area (Å²) in [6, 6.07) is 7.01. The van der Waals surface area contributed by atoms with Crippen LogP contribution in [0.5, 0.6) is 11.6 Å². The highest BCUT2D eigenvalue weighted by atomic mass is 35.5. The van der Waals surface area contributed by atoms with Crippen LogP contribution in [0, 0.1) is 0 Å². The Morgan fingerprint density at radius 2 is 2.19 bits per heavy atom. The summed E-state index contributed by atoms with van der Waals surface area (Å²) in [4.78, 5) is 7.96. The predicted octanol–water partition coefficient (Wildman–Crippen LogP) is 2.21. The monoisotopic (exact) mass is 236 g/mol. The smallest absolute Gasteiger partial charge is 0.239 e. The second kappa shape index (κ2) is 4.78. The van der Waals surface area contributed by atoms with E-state index in [-0.39, 0.29) is 0 Å². The molecule has 2 aromatic rings. The zero-order valence-corrected chi connectivity index (χ0v) is 8.98. The molecule has 0 saturated carbocycles. The van der Waals surface area contributed by atoms with Gasteiger partial charge in [-0.2, -0.15) is 4.98 Å². The molecule has 0 atom stereocenters. The fraction of sp³-hybridized carbons (Fsp3) is 0. The third kappa shape index (κ3) is 2.59. The highest BCUT2D eigenvalue weighted by Crippen LogP contribution is 2.22. The van der Waals surface area contributed by atoms with E-state index in [0.717, 1.165) is 0 Å². The highest BCUT2D eigenvalue weighted by molar-refractivity contribution is 6.30. The number of hydrazine groups is 1. The van der Waals surface area contributed by atoms with Crippen LogP contribution < -0.4 is 16.0 Å². The summed E-state index contributed by atoms with van der Waals surface area (Å²) in [6.07, 6.45) is 2.98. The minimum atomic E-state index is 0.345. The Labute approximate surface area is 97.2 Å². The zero-order valence-electron chi connectivity index (χ0n) is 8.22. The first-order chi connectivity index (χ1) is 7.78. The van der Waals surface area contributed by atoms with E-state index in [1.54, 1.807) is 24.3 Å². The Kier molecular flexibility index (Phi) is 3.19. The fourth-order valence-corrected chi connectivity index (χ4v) is 1.30. The molecule has 0 aliphatic heterocycles. The molecule has 6 heteroatoms. The lowest BCUT2D eigenvalue weighted by Gasteiger charge is -2.05. The Balaban J connectivity index is 2.20. The molecule has 1 aromatic carbocycles. The topological polar surface area (TPSA) is 73.1 Å². The maximum atomic E-state index is 5.82. The lowest BCUT2D eigenvalue weighted by molar-refractivity contribution is 0.461. The maximum absolute atomic E-state index is 5.82. The maximum Gasteiger partial charge on any atom is 0.239 e. The molecule has 3 N–H and O–H groups in total. The highest BCUT2D eigenvalue weighted by Gasteiger charge is 2.01. The van der Waals surface area contributed by atoms with Gasteiger partial charge in [0.05, 0.1) is 12.4 Å². The van der Waals surface area contributed by atoms with Gasteiger partial charge in [-0.1, -0.05) is 17.7 Å². The van der Waals surface area contributed by atoms with Crippen molar-refractivity contribution >= 4 is 17.4 Å². The normalized spacial score (nSPS) is 9.88. The second-order valence-corrected chi connectivity index (χ2v) is 3.38. The van der Waals surface area contributed by atoms with E-state index in [9.17, 15) is 0 Å². The number of anilines is 1. The predicted molar refractivity (Wildman–Crippen MR) is 61.4 cm³/mol. The van der Waals surface area contributed by atoms with Crippen LogP contribution in [-0.2, 0) is 0 Å². The molecule has 0 amide bonds. The second-order valence-electron chi connectivity index (χ2n) is 2.95. The lowest BCUT2D eigenvalue weighted by Crippen LogP contribution is -2.08. The molecular weight excluding hydrogens is 228 g/mol. The molecule has 0 saturated heterocycles.